The molecule has 0 aliphatic rings. The minimum atomic E-state index is -0.904. The molecule has 0 aliphatic carbocycles. The Morgan fingerprint density at radius 2 is 1.64 bits per heavy atom. The van der Waals surface area contributed by atoms with Crippen LogP contribution in [-0.2, 0) is 9.53 Å². The van der Waals surface area contributed by atoms with Crippen molar-refractivity contribution in [1.82, 2.24) is 0 Å². The largest absolute Gasteiger partial charge is 0.484 e. The summed E-state index contributed by atoms with van der Waals surface area (Å²) in [6, 6.07) is 7.95. The second kappa shape index (κ2) is 8.00. The quantitative estimate of drug-likeness (QED) is 0.608. The minimum absolute atomic E-state index is 0.110. The number of primary amides is 1. The number of benzene rings is 2. The highest BCUT2D eigenvalue weighted by atomic mass is 19.1. The molecule has 1 amide bonds. The zero-order valence-corrected chi connectivity index (χ0v) is 12.8. The predicted molar refractivity (Wildman–Crippen MR) is 82.1 cm³/mol. The summed E-state index contributed by atoms with van der Waals surface area (Å²) < 4.78 is 36.3. The van der Waals surface area contributed by atoms with Gasteiger partial charge in [0.05, 0.1) is 11.1 Å². The fourth-order valence-electron chi connectivity index (χ4n) is 1.85. The molecule has 0 saturated heterocycles. The average Bonchev–Trinajstić information content (AvgIpc) is 2.60. The number of ether oxygens (including phenoxy) is 2. The first-order valence-corrected chi connectivity index (χ1v) is 7.03. The van der Waals surface area contributed by atoms with Gasteiger partial charge in [0.2, 0.25) is 5.78 Å². The van der Waals surface area contributed by atoms with Crippen LogP contribution in [0.3, 0.4) is 0 Å². The SMILES string of the molecule is NC(=O)COc1ccc(C(=O)OCC(=O)c2cc(F)ccc2F)cc1. The van der Waals surface area contributed by atoms with E-state index in [9.17, 15) is 23.2 Å². The molecule has 0 aliphatic heterocycles. The van der Waals surface area contributed by atoms with Gasteiger partial charge in [0.15, 0.2) is 13.2 Å². The van der Waals surface area contributed by atoms with Gasteiger partial charge in [-0.1, -0.05) is 0 Å². The Balaban J connectivity index is 1.94. The molecule has 0 unspecified atom stereocenters. The van der Waals surface area contributed by atoms with Crippen molar-refractivity contribution in [3.63, 3.8) is 0 Å². The fourth-order valence-corrected chi connectivity index (χ4v) is 1.85. The van der Waals surface area contributed by atoms with Crippen LogP contribution in [-0.4, -0.2) is 30.9 Å². The van der Waals surface area contributed by atoms with Crippen molar-refractivity contribution in [2.75, 3.05) is 13.2 Å². The number of amides is 1. The van der Waals surface area contributed by atoms with Gasteiger partial charge in [-0.25, -0.2) is 13.6 Å². The van der Waals surface area contributed by atoms with Gasteiger partial charge in [-0.3, -0.25) is 9.59 Å². The molecule has 25 heavy (non-hydrogen) atoms. The van der Waals surface area contributed by atoms with Crippen molar-refractivity contribution in [1.29, 1.82) is 0 Å². The molecule has 2 rings (SSSR count). The van der Waals surface area contributed by atoms with Crippen LogP contribution in [0.25, 0.3) is 0 Å². The molecule has 130 valence electrons. The lowest BCUT2D eigenvalue weighted by atomic mass is 10.1. The van der Waals surface area contributed by atoms with Crippen LogP contribution in [0, 0.1) is 11.6 Å². The Labute approximate surface area is 141 Å². The first-order chi connectivity index (χ1) is 11.9. The van der Waals surface area contributed by atoms with Gasteiger partial charge in [0.1, 0.15) is 17.4 Å². The van der Waals surface area contributed by atoms with E-state index in [0.29, 0.717) is 5.75 Å². The lowest BCUT2D eigenvalue weighted by Crippen LogP contribution is -2.20. The number of rotatable bonds is 7. The Kier molecular flexibility index (Phi) is 5.78. The third kappa shape index (κ3) is 5.10. The zero-order valence-electron chi connectivity index (χ0n) is 12.8. The average molecular weight is 349 g/mol. The van der Waals surface area contributed by atoms with Gasteiger partial charge in [-0.05, 0) is 42.5 Å². The van der Waals surface area contributed by atoms with E-state index in [1.54, 1.807) is 0 Å². The van der Waals surface area contributed by atoms with Crippen LogP contribution in [0.15, 0.2) is 42.5 Å². The molecule has 0 bridgehead atoms. The number of Topliss-reactive ketones (excluding diaryl/α,β-unsaturated/α-hetero) is 1. The van der Waals surface area contributed by atoms with Crippen molar-refractivity contribution in [3.05, 3.63) is 65.2 Å². The lowest BCUT2D eigenvalue weighted by Gasteiger charge is -2.07. The second-order valence-electron chi connectivity index (χ2n) is 4.90. The fraction of sp³-hybridized carbons (Fsp3) is 0.118. The molecule has 0 fully saturated rings. The van der Waals surface area contributed by atoms with E-state index >= 15 is 0 Å². The summed E-state index contributed by atoms with van der Waals surface area (Å²) in [7, 11) is 0. The molecular formula is C17H13F2NO5. The summed E-state index contributed by atoms with van der Waals surface area (Å²) in [4.78, 5) is 34.3. The number of esters is 1. The minimum Gasteiger partial charge on any atom is -0.484 e. The van der Waals surface area contributed by atoms with Gasteiger partial charge >= 0.3 is 5.97 Å². The summed E-state index contributed by atoms with van der Waals surface area (Å²) in [6.45, 7) is -1.05. The van der Waals surface area contributed by atoms with Crippen molar-refractivity contribution in [2.24, 2.45) is 5.73 Å². The molecule has 2 aromatic carbocycles. The van der Waals surface area contributed by atoms with Gasteiger partial charge in [-0.15, -0.1) is 0 Å². The maximum absolute atomic E-state index is 13.5. The van der Waals surface area contributed by atoms with E-state index in [1.165, 1.54) is 24.3 Å². The van der Waals surface area contributed by atoms with Crippen LogP contribution >= 0.6 is 0 Å². The first-order valence-electron chi connectivity index (χ1n) is 7.03. The number of nitrogens with two attached hydrogens (primary N) is 1. The zero-order chi connectivity index (χ0) is 18.4. The van der Waals surface area contributed by atoms with Crippen molar-refractivity contribution in [2.45, 2.75) is 0 Å². The number of carbonyl (C=O) groups excluding carboxylic acids is 3. The predicted octanol–water partition coefficient (Wildman–Crippen LogP) is 1.87. The highest BCUT2D eigenvalue weighted by molar-refractivity contribution is 5.99. The van der Waals surface area contributed by atoms with Crippen molar-refractivity contribution in [3.8, 4) is 5.75 Å². The van der Waals surface area contributed by atoms with Crippen molar-refractivity contribution < 1.29 is 32.6 Å². The van der Waals surface area contributed by atoms with Gasteiger partial charge in [-0.2, -0.15) is 0 Å². The number of ketones is 1. The Morgan fingerprint density at radius 1 is 0.960 bits per heavy atom. The topological polar surface area (TPSA) is 95.7 Å². The van der Waals surface area contributed by atoms with E-state index in [2.05, 4.69) is 0 Å². The van der Waals surface area contributed by atoms with Crippen LogP contribution in [0.1, 0.15) is 20.7 Å². The van der Waals surface area contributed by atoms with E-state index in [-0.39, 0.29) is 12.2 Å². The maximum atomic E-state index is 13.5. The van der Waals surface area contributed by atoms with E-state index < -0.39 is 41.5 Å². The van der Waals surface area contributed by atoms with Crippen LogP contribution in [0.5, 0.6) is 5.75 Å². The first kappa shape index (κ1) is 18.1. The van der Waals surface area contributed by atoms with Crippen molar-refractivity contribution >= 4 is 17.7 Å². The number of halogens is 2. The van der Waals surface area contributed by atoms with Gasteiger partial charge in [0, 0.05) is 0 Å². The standard InChI is InChI=1S/C17H13F2NO5/c18-11-3-6-14(19)13(7-11)15(21)8-25-17(23)10-1-4-12(5-2-10)24-9-16(20)22/h1-7H,8-9H2,(H2,20,22). The summed E-state index contributed by atoms with van der Waals surface area (Å²) in [5.41, 5.74) is 4.55. The molecule has 2 N–H and O–H groups in total. The maximum Gasteiger partial charge on any atom is 0.338 e. The van der Waals surface area contributed by atoms with Gasteiger partial charge < -0.3 is 15.2 Å². The lowest BCUT2D eigenvalue weighted by molar-refractivity contribution is -0.119. The van der Waals surface area contributed by atoms with E-state index in [4.69, 9.17) is 15.2 Å². The Bertz CT molecular complexity index is 805. The molecule has 6 nitrogen and oxygen atoms in total. The van der Waals surface area contributed by atoms with Crippen LogP contribution in [0.2, 0.25) is 0 Å². The van der Waals surface area contributed by atoms with Crippen LogP contribution < -0.4 is 10.5 Å². The number of hydrogen-bond donors (Lipinski definition) is 1. The molecule has 0 aromatic heterocycles. The molecular weight excluding hydrogens is 336 g/mol. The highest BCUT2D eigenvalue weighted by Crippen LogP contribution is 2.14. The molecule has 0 atom stereocenters. The number of hydrogen-bond acceptors (Lipinski definition) is 5. The van der Waals surface area contributed by atoms with Gasteiger partial charge in [0.25, 0.3) is 5.91 Å². The van der Waals surface area contributed by atoms with Crippen LogP contribution in [0.4, 0.5) is 8.78 Å². The molecule has 0 spiro atoms. The second-order valence-corrected chi connectivity index (χ2v) is 4.90. The highest BCUT2D eigenvalue weighted by Gasteiger charge is 2.16. The summed E-state index contributed by atoms with van der Waals surface area (Å²) >= 11 is 0. The summed E-state index contributed by atoms with van der Waals surface area (Å²) in [5.74, 6) is -3.71. The smallest absolute Gasteiger partial charge is 0.338 e. The molecule has 0 radical (unpaired) electrons. The normalized spacial score (nSPS) is 10.2. The summed E-state index contributed by atoms with van der Waals surface area (Å²) in [5, 5.41) is 0. The third-order valence-corrected chi connectivity index (χ3v) is 3.03. The van der Waals surface area contributed by atoms with E-state index in [1.807, 2.05) is 0 Å². The number of carbonyl (C=O) groups is 3. The monoisotopic (exact) mass is 349 g/mol. The van der Waals surface area contributed by atoms with E-state index in [0.717, 1.165) is 18.2 Å². The third-order valence-electron chi connectivity index (χ3n) is 3.03. The molecule has 8 heteroatoms. The molecule has 2 aromatic rings. The molecule has 0 saturated carbocycles. The molecule has 0 heterocycles. The summed E-state index contributed by atoms with van der Waals surface area (Å²) in [6.07, 6.45) is 0. The Morgan fingerprint density at radius 3 is 2.28 bits per heavy atom. The Hall–Kier alpha value is -3.29.